The molecule has 2 unspecified atom stereocenters. The van der Waals surface area contributed by atoms with Gasteiger partial charge in [0.1, 0.15) is 0 Å². The van der Waals surface area contributed by atoms with E-state index in [9.17, 15) is 5.11 Å². The van der Waals surface area contributed by atoms with E-state index in [1.54, 1.807) is 0 Å². The Morgan fingerprint density at radius 2 is 1.84 bits per heavy atom. The first-order chi connectivity index (χ1) is 9.17. The van der Waals surface area contributed by atoms with Gasteiger partial charge in [-0.15, -0.1) is 0 Å². The van der Waals surface area contributed by atoms with Gasteiger partial charge in [-0.1, -0.05) is 18.6 Å². The van der Waals surface area contributed by atoms with Crippen LogP contribution in [-0.4, -0.2) is 21.2 Å². The molecule has 1 N–H and O–H groups in total. The molecule has 0 amide bonds. The normalized spacial score (nSPS) is 33.7. The van der Waals surface area contributed by atoms with Crippen LogP contribution in [0.5, 0.6) is 0 Å². The van der Waals surface area contributed by atoms with Crippen molar-refractivity contribution in [1.82, 2.24) is 0 Å². The van der Waals surface area contributed by atoms with Gasteiger partial charge < -0.3 is 5.11 Å². The summed E-state index contributed by atoms with van der Waals surface area (Å²) in [5, 5.41) is 21.0. The van der Waals surface area contributed by atoms with E-state index >= 15 is 0 Å². The molecule has 0 aliphatic carbocycles. The Hall–Kier alpha value is -0.980. The standard InChI is InChI=1S/C16H19NOS/c17-11-13-6-4-12(5-7-13)8-16(18)9-14-2-1-3-15(10-16)19-14/h4-7,14-15,18H,1-3,8-10H2. The number of nitrogens with zero attached hydrogens (tertiary/aromatic N) is 1. The minimum Gasteiger partial charge on any atom is -0.389 e. The highest BCUT2D eigenvalue weighted by molar-refractivity contribution is 8.00. The largest absolute Gasteiger partial charge is 0.389 e. The number of rotatable bonds is 2. The summed E-state index contributed by atoms with van der Waals surface area (Å²) in [6.07, 6.45) is 6.43. The van der Waals surface area contributed by atoms with Crippen LogP contribution in [0, 0.1) is 11.3 Å². The maximum atomic E-state index is 10.9. The van der Waals surface area contributed by atoms with Gasteiger partial charge in [0, 0.05) is 16.9 Å². The van der Waals surface area contributed by atoms with Crippen LogP contribution >= 0.6 is 11.8 Å². The van der Waals surface area contributed by atoms with Crippen LogP contribution in [0.4, 0.5) is 0 Å². The molecule has 2 saturated heterocycles. The van der Waals surface area contributed by atoms with Crippen molar-refractivity contribution in [3.8, 4) is 6.07 Å². The van der Waals surface area contributed by atoms with Crippen LogP contribution < -0.4 is 0 Å². The van der Waals surface area contributed by atoms with Crippen molar-refractivity contribution in [2.75, 3.05) is 0 Å². The van der Waals surface area contributed by atoms with E-state index in [0.717, 1.165) is 24.8 Å². The third kappa shape index (κ3) is 2.96. The van der Waals surface area contributed by atoms with E-state index in [1.807, 2.05) is 24.3 Å². The number of benzene rings is 1. The van der Waals surface area contributed by atoms with Crippen LogP contribution in [-0.2, 0) is 6.42 Å². The zero-order valence-corrected chi connectivity index (χ0v) is 11.8. The van der Waals surface area contributed by atoms with Crippen molar-refractivity contribution in [3.05, 3.63) is 35.4 Å². The molecule has 3 rings (SSSR count). The molecule has 2 atom stereocenters. The summed E-state index contributed by atoms with van der Waals surface area (Å²) in [5.41, 5.74) is 1.30. The second-order valence-corrected chi connectivity index (χ2v) is 7.53. The van der Waals surface area contributed by atoms with Gasteiger partial charge in [-0.3, -0.25) is 0 Å². The summed E-state index contributed by atoms with van der Waals surface area (Å²) in [6, 6.07) is 9.78. The molecule has 0 radical (unpaired) electrons. The van der Waals surface area contributed by atoms with Gasteiger partial charge in [-0.2, -0.15) is 17.0 Å². The van der Waals surface area contributed by atoms with Crippen molar-refractivity contribution in [1.29, 1.82) is 5.26 Å². The zero-order chi connectivity index (χ0) is 13.3. The van der Waals surface area contributed by atoms with Crippen molar-refractivity contribution in [3.63, 3.8) is 0 Å². The second-order valence-electron chi connectivity index (χ2n) is 5.93. The molecule has 0 spiro atoms. The Bertz CT molecular complexity index is 478. The number of hydrogen-bond donors (Lipinski definition) is 1. The molecule has 0 aromatic heterocycles. The first kappa shape index (κ1) is 13.0. The highest BCUT2D eigenvalue weighted by atomic mass is 32.2. The van der Waals surface area contributed by atoms with Gasteiger partial charge in [0.2, 0.25) is 0 Å². The first-order valence-electron chi connectivity index (χ1n) is 7.04. The Balaban J connectivity index is 1.72. The maximum absolute atomic E-state index is 10.9. The van der Waals surface area contributed by atoms with Crippen molar-refractivity contribution in [2.24, 2.45) is 0 Å². The molecule has 2 aliphatic rings. The molecule has 2 nitrogen and oxygen atoms in total. The van der Waals surface area contributed by atoms with E-state index in [1.165, 1.54) is 19.3 Å². The monoisotopic (exact) mass is 273 g/mol. The van der Waals surface area contributed by atoms with E-state index in [4.69, 9.17) is 5.26 Å². The molecule has 2 heterocycles. The maximum Gasteiger partial charge on any atom is 0.0991 e. The molecule has 1 aromatic carbocycles. The lowest BCUT2D eigenvalue weighted by atomic mass is 9.81. The third-order valence-electron chi connectivity index (χ3n) is 4.27. The number of nitriles is 1. The Morgan fingerprint density at radius 1 is 1.21 bits per heavy atom. The summed E-state index contributed by atoms with van der Waals surface area (Å²) >= 11 is 2.09. The van der Waals surface area contributed by atoms with Gasteiger partial charge in [-0.25, -0.2) is 0 Å². The zero-order valence-electron chi connectivity index (χ0n) is 11.0. The fourth-order valence-corrected chi connectivity index (χ4v) is 5.40. The van der Waals surface area contributed by atoms with Crippen LogP contribution in [0.1, 0.15) is 43.2 Å². The SMILES string of the molecule is N#Cc1ccc(CC2(O)CC3CCCC(C2)S3)cc1. The Kier molecular flexibility index (Phi) is 3.56. The van der Waals surface area contributed by atoms with Gasteiger partial charge in [0.05, 0.1) is 17.2 Å². The van der Waals surface area contributed by atoms with Crippen LogP contribution in [0.2, 0.25) is 0 Å². The molecule has 2 bridgehead atoms. The number of fused-ring (bicyclic) bond motifs is 2. The smallest absolute Gasteiger partial charge is 0.0991 e. The predicted octanol–water partition coefficient (Wildman–Crippen LogP) is 3.28. The minimum absolute atomic E-state index is 0.533. The quantitative estimate of drug-likeness (QED) is 0.899. The van der Waals surface area contributed by atoms with Crippen molar-refractivity contribution >= 4 is 11.8 Å². The Labute approximate surface area is 118 Å². The molecule has 19 heavy (non-hydrogen) atoms. The van der Waals surface area contributed by atoms with E-state index < -0.39 is 5.60 Å². The summed E-state index contributed by atoms with van der Waals surface area (Å²) in [7, 11) is 0. The van der Waals surface area contributed by atoms with Crippen molar-refractivity contribution < 1.29 is 5.11 Å². The Morgan fingerprint density at radius 3 is 2.42 bits per heavy atom. The van der Waals surface area contributed by atoms with Gasteiger partial charge in [-0.05, 0) is 43.4 Å². The second kappa shape index (κ2) is 5.19. The number of thioether (sulfide) groups is 1. The fourth-order valence-electron chi connectivity index (χ4n) is 3.43. The molecule has 100 valence electrons. The topological polar surface area (TPSA) is 44.0 Å². The first-order valence-corrected chi connectivity index (χ1v) is 7.98. The van der Waals surface area contributed by atoms with E-state index in [2.05, 4.69) is 17.8 Å². The fraction of sp³-hybridized carbons (Fsp3) is 0.562. The van der Waals surface area contributed by atoms with Gasteiger partial charge in [0.25, 0.3) is 0 Å². The average Bonchev–Trinajstić information content (AvgIpc) is 2.38. The molecule has 2 aliphatic heterocycles. The summed E-state index contributed by atoms with van der Waals surface area (Å²) < 4.78 is 0. The van der Waals surface area contributed by atoms with Crippen molar-refractivity contribution in [2.45, 2.75) is 54.6 Å². The molecule has 3 heteroatoms. The van der Waals surface area contributed by atoms with Gasteiger partial charge >= 0.3 is 0 Å². The van der Waals surface area contributed by atoms with Gasteiger partial charge in [0.15, 0.2) is 0 Å². The molecular weight excluding hydrogens is 254 g/mol. The molecular formula is C16H19NOS. The predicted molar refractivity (Wildman–Crippen MR) is 78.1 cm³/mol. The lowest BCUT2D eigenvalue weighted by molar-refractivity contribution is 0.0130. The number of aliphatic hydroxyl groups is 1. The summed E-state index contributed by atoms with van der Waals surface area (Å²) in [5.74, 6) is 0. The van der Waals surface area contributed by atoms with Crippen LogP contribution in [0.3, 0.4) is 0 Å². The lowest BCUT2D eigenvalue weighted by Crippen LogP contribution is -2.44. The minimum atomic E-state index is -0.533. The van der Waals surface area contributed by atoms with E-state index in [0.29, 0.717) is 16.1 Å². The highest BCUT2D eigenvalue weighted by Gasteiger charge is 2.41. The highest BCUT2D eigenvalue weighted by Crippen LogP contribution is 2.46. The molecule has 1 aromatic rings. The van der Waals surface area contributed by atoms with E-state index in [-0.39, 0.29) is 0 Å². The summed E-state index contributed by atoms with van der Waals surface area (Å²) in [6.45, 7) is 0. The third-order valence-corrected chi connectivity index (χ3v) is 5.84. The van der Waals surface area contributed by atoms with Crippen LogP contribution in [0.25, 0.3) is 0 Å². The molecule has 0 saturated carbocycles. The molecule has 2 fully saturated rings. The average molecular weight is 273 g/mol. The summed E-state index contributed by atoms with van der Waals surface area (Å²) in [4.78, 5) is 0. The lowest BCUT2D eigenvalue weighted by Gasteiger charge is -2.44. The number of hydrogen-bond acceptors (Lipinski definition) is 3. The van der Waals surface area contributed by atoms with Crippen LogP contribution in [0.15, 0.2) is 24.3 Å².